The minimum absolute atomic E-state index is 0.0321. The van der Waals surface area contributed by atoms with Gasteiger partial charge in [-0.05, 0) is 74.5 Å². The molecule has 0 aliphatic carbocycles. The largest absolute Gasteiger partial charge is 0.434 e. The first-order chi connectivity index (χ1) is 25.7. The number of imidazole rings is 2. The molecule has 0 unspecified atom stereocenters. The Morgan fingerprint density at radius 3 is 1.44 bits per heavy atom. The first kappa shape index (κ1) is 39.9. The number of hydrogen-bond acceptors (Lipinski definition) is 4. The van der Waals surface area contributed by atoms with Gasteiger partial charge in [0.05, 0.1) is 11.4 Å². The molecule has 2 N–H and O–H groups in total. The van der Waals surface area contributed by atoms with Crippen LogP contribution in [0, 0.1) is 48.8 Å². The summed E-state index contributed by atoms with van der Waals surface area (Å²) in [6, 6.07) is 13.1. The van der Waals surface area contributed by atoms with Crippen LogP contribution >= 0.6 is 0 Å². The number of carbonyl (C=O) groups excluding carboxylic acids is 1. The molecule has 1 amide bonds. The van der Waals surface area contributed by atoms with Crippen molar-refractivity contribution in [1.29, 1.82) is 0 Å². The summed E-state index contributed by atoms with van der Waals surface area (Å²) < 4.78 is 162. The minimum Gasteiger partial charge on any atom is -0.381 e. The molecule has 0 saturated heterocycles. The molecule has 7 nitrogen and oxygen atoms in total. The van der Waals surface area contributed by atoms with Crippen molar-refractivity contribution >= 4 is 17.3 Å². The summed E-state index contributed by atoms with van der Waals surface area (Å²) in [6.07, 6.45) is -7.99. The van der Waals surface area contributed by atoms with E-state index in [-0.39, 0.29) is 46.5 Å². The van der Waals surface area contributed by atoms with Gasteiger partial charge in [0, 0.05) is 35.9 Å². The second-order valence-corrected chi connectivity index (χ2v) is 11.5. The molecule has 0 radical (unpaired) electrons. The van der Waals surface area contributed by atoms with E-state index in [0.29, 0.717) is 12.4 Å². The van der Waals surface area contributed by atoms with E-state index in [1.54, 1.807) is 0 Å². The predicted octanol–water partition coefficient (Wildman–Crippen LogP) is 10.1. The number of aryl methyl sites for hydroxylation is 2. The fourth-order valence-corrected chi connectivity index (χ4v) is 5.10. The minimum atomic E-state index is -4.69. The molecule has 19 heteroatoms. The Kier molecular flexibility index (Phi) is 11.3. The maximum atomic E-state index is 14.4. The standard InChI is InChI=1S/C18H11F6N3O.C18H13F6N3/c1-9-25-15(18(22,23)24)8-27(9)14-6-5-10(7-13(14)21)26-17(28)16-11(19)3-2-4-12(16)20;1-10-26-17(18(22,23)24)9-27(10)16-6-5-11(7-15(16)21)25-8-12-13(19)3-2-4-14(12)20/h2-8H,1H3,(H,26,28);2-7,9,25H,8H2,1H3. The van der Waals surface area contributed by atoms with E-state index in [0.717, 1.165) is 57.7 Å². The summed E-state index contributed by atoms with van der Waals surface area (Å²) in [7, 11) is 0. The van der Waals surface area contributed by atoms with E-state index in [2.05, 4.69) is 20.6 Å². The molecule has 0 aliphatic heterocycles. The lowest BCUT2D eigenvalue weighted by molar-refractivity contribution is -0.141. The summed E-state index contributed by atoms with van der Waals surface area (Å²) in [5.74, 6) is -6.73. The van der Waals surface area contributed by atoms with Gasteiger partial charge < -0.3 is 19.8 Å². The molecular weight excluding hydrogens is 760 g/mol. The lowest BCUT2D eigenvalue weighted by Crippen LogP contribution is -2.16. The molecular formula is C36H24F12N6O. The number of rotatable bonds is 7. The van der Waals surface area contributed by atoms with E-state index in [9.17, 15) is 57.5 Å². The van der Waals surface area contributed by atoms with Gasteiger partial charge in [-0.15, -0.1) is 0 Å². The highest BCUT2D eigenvalue weighted by atomic mass is 19.4. The molecule has 55 heavy (non-hydrogen) atoms. The normalized spacial score (nSPS) is 11.6. The van der Waals surface area contributed by atoms with Crippen molar-refractivity contribution in [3.05, 3.63) is 154 Å². The van der Waals surface area contributed by atoms with Crippen LogP contribution in [0.1, 0.15) is 39.0 Å². The lowest BCUT2D eigenvalue weighted by Gasteiger charge is -2.11. The highest BCUT2D eigenvalue weighted by Gasteiger charge is 2.35. The van der Waals surface area contributed by atoms with Gasteiger partial charge in [-0.3, -0.25) is 4.79 Å². The van der Waals surface area contributed by atoms with E-state index in [1.807, 2.05) is 0 Å². The van der Waals surface area contributed by atoms with Crippen molar-refractivity contribution in [2.75, 3.05) is 10.6 Å². The molecule has 0 bridgehead atoms. The Balaban J connectivity index is 0.000000211. The summed E-state index contributed by atoms with van der Waals surface area (Å²) in [5.41, 5.74) is -3.65. The maximum Gasteiger partial charge on any atom is 0.434 e. The Hall–Kier alpha value is -6.27. The molecule has 0 spiro atoms. The van der Waals surface area contributed by atoms with Crippen LogP contribution in [0.15, 0.2) is 85.2 Å². The van der Waals surface area contributed by atoms with Crippen LogP contribution in [0.3, 0.4) is 0 Å². The number of amides is 1. The summed E-state index contributed by atoms with van der Waals surface area (Å²) in [5, 5.41) is 4.82. The van der Waals surface area contributed by atoms with Crippen LogP contribution in [0.4, 0.5) is 64.1 Å². The Labute approximate surface area is 302 Å². The molecule has 0 saturated carbocycles. The van der Waals surface area contributed by atoms with Crippen molar-refractivity contribution in [3.63, 3.8) is 0 Å². The van der Waals surface area contributed by atoms with Gasteiger partial charge >= 0.3 is 12.4 Å². The second-order valence-electron chi connectivity index (χ2n) is 11.5. The van der Waals surface area contributed by atoms with Crippen molar-refractivity contribution in [2.45, 2.75) is 32.7 Å². The molecule has 0 fully saturated rings. The maximum absolute atomic E-state index is 14.4. The van der Waals surface area contributed by atoms with Crippen molar-refractivity contribution in [2.24, 2.45) is 0 Å². The Morgan fingerprint density at radius 1 is 0.600 bits per heavy atom. The van der Waals surface area contributed by atoms with Crippen LogP contribution < -0.4 is 10.6 Å². The van der Waals surface area contributed by atoms with E-state index in [4.69, 9.17) is 0 Å². The number of anilines is 2. The zero-order chi connectivity index (χ0) is 40.4. The van der Waals surface area contributed by atoms with Crippen LogP contribution in [-0.2, 0) is 18.9 Å². The van der Waals surface area contributed by atoms with Gasteiger partial charge in [-0.1, -0.05) is 12.1 Å². The number of nitrogens with one attached hydrogen (secondary N) is 2. The molecule has 288 valence electrons. The average molecular weight is 785 g/mol. The third kappa shape index (κ3) is 9.10. The summed E-state index contributed by atoms with van der Waals surface area (Å²) >= 11 is 0. The van der Waals surface area contributed by atoms with Gasteiger partial charge in [0.25, 0.3) is 5.91 Å². The zero-order valence-corrected chi connectivity index (χ0v) is 28.0. The number of nitrogens with zero attached hydrogens (tertiary/aromatic N) is 4. The quantitative estimate of drug-likeness (QED) is 0.158. The van der Waals surface area contributed by atoms with Crippen molar-refractivity contribution < 1.29 is 57.5 Å². The van der Waals surface area contributed by atoms with Crippen molar-refractivity contribution in [1.82, 2.24) is 19.1 Å². The predicted molar refractivity (Wildman–Crippen MR) is 175 cm³/mol. The molecule has 4 aromatic carbocycles. The van der Waals surface area contributed by atoms with E-state index in [1.165, 1.54) is 38.1 Å². The molecule has 2 heterocycles. The second kappa shape index (κ2) is 15.6. The van der Waals surface area contributed by atoms with Crippen LogP contribution in [0.2, 0.25) is 0 Å². The van der Waals surface area contributed by atoms with Crippen LogP contribution in [0.5, 0.6) is 0 Å². The lowest BCUT2D eigenvalue weighted by atomic mass is 10.1. The topological polar surface area (TPSA) is 76.8 Å². The highest BCUT2D eigenvalue weighted by molar-refractivity contribution is 6.04. The number of alkyl halides is 6. The summed E-state index contributed by atoms with van der Waals surface area (Å²) in [6.45, 7) is 2.37. The third-order valence-electron chi connectivity index (χ3n) is 7.74. The molecule has 6 rings (SSSR count). The number of halogens is 12. The Bertz CT molecular complexity index is 2320. The number of hydrogen-bond donors (Lipinski definition) is 2. The molecule has 2 aromatic heterocycles. The van der Waals surface area contributed by atoms with E-state index >= 15 is 0 Å². The fraction of sp³-hybridized carbons (Fsp3) is 0.139. The van der Waals surface area contributed by atoms with E-state index < -0.39 is 70.1 Å². The average Bonchev–Trinajstić information content (AvgIpc) is 3.68. The zero-order valence-electron chi connectivity index (χ0n) is 28.0. The number of carbonyl (C=O) groups is 1. The third-order valence-corrected chi connectivity index (χ3v) is 7.74. The van der Waals surface area contributed by atoms with Crippen LogP contribution in [0.25, 0.3) is 11.4 Å². The first-order valence-electron chi connectivity index (χ1n) is 15.5. The molecule has 6 aromatic rings. The monoisotopic (exact) mass is 784 g/mol. The van der Waals surface area contributed by atoms with Gasteiger partial charge in [-0.2, -0.15) is 26.3 Å². The van der Waals surface area contributed by atoms with Gasteiger partial charge in [-0.25, -0.2) is 36.3 Å². The smallest absolute Gasteiger partial charge is 0.381 e. The van der Waals surface area contributed by atoms with Crippen LogP contribution in [-0.4, -0.2) is 25.0 Å². The first-order valence-corrected chi connectivity index (χ1v) is 15.5. The molecule has 0 atom stereocenters. The summed E-state index contributed by atoms with van der Waals surface area (Å²) in [4.78, 5) is 18.8. The SMILES string of the molecule is Cc1nc(C(F)(F)F)cn1-c1ccc(NC(=O)c2c(F)cccc2F)cc1F.Cc1nc(C(F)(F)F)cn1-c1ccc(NCc2c(F)cccc2F)cc1F. The number of benzene rings is 4. The van der Waals surface area contributed by atoms with Gasteiger partial charge in [0.15, 0.2) is 11.4 Å². The number of aromatic nitrogens is 4. The Morgan fingerprint density at radius 2 is 1.02 bits per heavy atom. The van der Waals surface area contributed by atoms with Crippen molar-refractivity contribution in [3.8, 4) is 11.4 Å². The van der Waals surface area contributed by atoms with Gasteiger partial charge in [0.2, 0.25) is 0 Å². The highest BCUT2D eigenvalue weighted by Crippen LogP contribution is 2.32. The van der Waals surface area contributed by atoms with Gasteiger partial charge in [0.1, 0.15) is 52.1 Å². The fourth-order valence-electron chi connectivity index (χ4n) is 5.10. The molecule has 0 aliphatic rings.